The first-order valence-corrected chi connectivity index (χ1v) is 6.75. The largest absolute Gasteiger partial charge is 0.395 e. The molecule has 3 nitrogen and oxygen atoms in total. The molecule has 4 unspecified atom stereocenters. The van der Waals surface area contributed by atoms with Gasteiger partial charge in [-0.1, -0.05) is 19.8 Å². The zero-order chi connectivity index (χ0) is 11.5. The number of nitrogens with zero attached hydrogens (tertiary/aromatic N) is 1. The Morgan fingerprint density at radius 1 is 1.19 bits per heavy atom. The maximum atomic E-state index is 9.96. The number of hydrogen-bond acceptors (Lipinski definition) is 3. The lowest BCUT2D eigenvalue weighted by Crippen LogP contribution is -2.42. The molecule has 2 aliphatic rings. The first kappa shape index (κ1) is 12.3. The summed E-state index contributed by atoms with van der Waals surface area (Å²) in [6.45, 7) is 4.56. The predicted octanol–water partition coefficient (Wildman–Crippen LogP) is 1.24. The van der Waals surface area contributed by atoms with Crippen molar-refractivity contribution in [1.82, 2.24) is 4.90 Å². The Bertz CT molecular complexity index is 222. The summed E-state index contributed by atoms with van der Waals surface area (Å²) in [6.07, 6.45) is 5.65. The summed E-state index contributed by atoms with van der Waals surface area (Å²) in [5.74, 6) is 1.04. The van der Waals surface area contributed by atoms with E-state index in [2.05, 4.69) is 11.8 Å². The highest BCUT2D eigenvalue weighted by atomic mass is 16.3. The molecule has 0 radical (unpaired) electrons. The summed E-state index contributed by atoms with van der Waals surface area (Å²) in [5.41, 5.74) is 0. The Morgan fingerprint density at radius 2 is 1.94 bits per heavy atom. The molecule has 2 fully saturated rings. The van der Waals surface area contributed by atoms with E-state index in [0.717, 1.165) is 25.9 Å². The third-order valence-electron chi connectivity index (χ3n) is 4.52. The van der Waals surface area contributed by atoms with E-state index in [9.17, 15) is 10.2 Å². The fourth-order valence-electron chi connectivity index (χ4n) is 3.31. The fraction of sp³-hybridized carbons (Fsp3) is 1.00. The summed E-state index contributed by atoms with van der Waals surface area (Å²) in [6, 6.07) is 0.328. The van der Waals surface area contributed by atoms with E-state index >= 15 is 0 Å². The summed E-state index contributed by atoms with van der Waals surface area (Å²) in [4.78, 5) is 2.39. The van der Waals surface area contributed by atoms with Crippen LogP contribution >= 0.6 is 0 Å². The van der Waals surface area contributed by atoms with Gasteiger partial charge in [0.15, 0.2) is 0 Å². The van der Waals surface area contributed by atoms with E-state index in [1.807, 2.05) is 0 Å². The number of likely N-dealkylation sites (tertiary alicyclic amines) is 1. The van der Waals surface area contributed by atoms with Crippen LogP contribution in [0.4, 0.5) is 0 Å². The van der Waals surface area contributed by atoms with Crippen molar-refractivity contribution >= 4 is 0 Å². The average molecular weight is 227 g/mol. The van der Waals surface area contributed by atoms with E-state index < -0.39 is 0 Å². The molecule has 2 N–H and O–H groups in total. The highest BCUT2D eigenvalue weighted by molar-refractivity contribution is 4.87. The number of aliphatic hydroxyl groups is 2. The third kappa shape index (κ3) is 2.58. The van der Waals surface area contributed by atoms with Crippen molar-refractivity contribution in [2.75, 3.05) is 19.7 Å². The van der Waals surface area contributed by atoms with Crippen molar-refractivity contribution in [3.05, 3.63) is 0 Å². The maximum absolute atomic E-state index is 9.96. The van der Waals surface area contributed by atoms with Crippen molar-refractivity contribution in [2.45, 2.75) is 51.2 Å². The Kier molecular flexibility index (Phi) is 4.22. The smallest absolute Gasteiger partial charge is 0.0589 e. The van der Waals surface area contributed by atoms with Gasteiger partial charge in [0.2, 0.25) is 0 Å². The molecule has 0 aromatic carbocycles. The Labute approximate surface area is 98.5 Å². The van der Waals surface area contributed by atoms with Crippen LogP contribution in [0.2, 0.25) is 0 Å². The van der Waals surface area contributed by atoms with Gasteiger partial charge in [-0.3, -0.25) is 4.90 Å². The fourth-order valence-corrected chi connectivity index (χ4v) is 3.31. The molecule has 94 valence electrons. The molecule has 1 aliphatic heterocycles. The van der Waals surface area contributed by atoms with Gasteiger partial charge in [-0.15, -0.1) is 0 Å². The first-order chi connectivity index (χ1) is 7.72. The average Bonchev–Trinajstić information content (AvgIpc) is 2.63. The van der Waals surface area contributed by atoms with Crippen LogP contribution in [0.25, 0.3) is 0 Å². The van der Waals surface area contributed by atoms with Gasteiger partial charge in [-0.05, 0) is 37.6 Å². The van der Waals surface area contributed by atoms with Crippen LogP contribution in [0.5, 0.6) is 0 Å². The number of hydrogen-bond donors (Lipinski definition) is 2. The molecule has 1 saturated carbocycles. The maximum Gasteiger partial charge on any atom is 0.0589 e. The van der Waals surface area contributed by atoms with Gasteiger partial charge in [0.25, 0.3) is 0 Å². The van der Waals surface area contributed by atoms with E-state index in [4.69, 9.17) is 0 Å². The second-order valence-electron chi connectivity index (χ2n) is 5.62. The van der Waals surface area contributed by atoms with Gasteiger partial charge in [-0.25, -0.2) is 0 Å². The Balaban J connectivity index is 1.88. The van der Waals surface area contributed by atoms with Crippen molar-refractivity contribution in [3.8, 4) is 0 Å². The number of aliphatic hydroxyl groups excluding tert-OH is 2. The van der Waals surface area contributed by atoms with Crippen molar-refractivity contribution in [1.29, 1.82) is 0 Å². The van der Waals surface area contributed by atoms with Crippen LogP contribution in [0, 0.1) is 11.8 Å². The lowest BCUT2D eigenvalue weighted by Gasteiger charge is -2.34. The molecule has 0 spiro atoms. The molecule has 0 aromatic heterocycles. The molecule has 1 aliphatic carbocycles. The molecular formula is C13H25NO2. The van der Waals surface area contributed by atoms with E-state index in [1.54, 1.807) is 0 Å². The van der Waals surface area contributed by atoms with Gasteiger partial charge in [-0.2, -0.15) is 0 Å². The normalized spacial score (nSPS) is 41.4. The monoisotopic (exact) mass is 227 g/mol. The van der Waals surface area contributed by atoms with Crippen molar-refractivity contribution in [3.63, 3.8) is 0 Å². The van der Waals surface area contributed by atoms with Crippen LogP contribution in [-0.4, -0.2) is 47.0 Å². The van der Waals surface area contributed by atoms with E-state index in [0.29, 0.717) is 17.9 Å². The molecule has 2 rings (SSSR count). The molecule has 0 aromatic rings. The zero-order valence-electron chi connectivity index (χ0n) is 10.3. The lowest BCUT2D eigenvalue weighted by atomic mass is 9.86. The van der Waals surface area contributed by atoms with Crippen LogP contribution < -0.4 is 0 Å². The quantitative estimate of drug-likeness (QED) is 0.762. The molecular weight excluding hydrogens is 202 g/mol. The lowest BCUT2D eigenvalue weighted by molar-refractivity contribution is 0.0340. The van der Waals surface area contributed by atoms with Gasteiger partial charge >= 0.3 is 0 Å². The van der Waals surface area contributed by atoms with Crippen LogP contribution in [0.15, 0.2) is 0 Å². The minimum absolute atomic E-state index is 0.107. The van der Waals surface area contributed by atoms with Crippen LogP contribution in [-0.2, 0) is 0 Å². The molecule has 0 bridgehead atoms. The minimum Gasteiger partial charge on any atom is -0.395 e. The van der Waals surface area contributed by atoms with Gasteiger partial charge < -0.3 is 10.2 Å². The zero-order valence-corrected chi connectivity index (χ0v) is 10.3. The Hall–Kier alpha value is -0.120. The molecule has 1 saturated heterocycles. The second-order valence-corrected chi connectivity index (χ2v) is 5.62. The molecule has 0 amide bonds. The van der Waals surface area contributed by atoms with Gasteiger partial charge in [0, 0.05) is 12.6 Å². The highest BCUT2D eigenvalue weighted by Gasteiger charge is 2.34. The molecule has 4 atom stereocenters. The molecule has 1 heterocycles. The number of rotatable bonds is 3. The summed E-state index contributed by atoms with van der Waals surface area (Å²) >= 11 is 0. The summed E-state index contributed by atoms with van der Waals surface area (Å²) in [5, 5.41) is 19.4. The van der Waals surface area contributed by atoms with Gasteiger partial charge in [0.1, 0.15) is 0 Å². The van der Waals surface area contributed by atoms with Crippen molar-refractivity contribution < 1.29 is 10.2 Å². The molecule has 3 heteroatoms. The standard InChI is InChI=1S/C13H25NO2/c1-10-6-7-14(12(10)9-15)8-11-4-2-3-5-13(11)16/h10-13,15-16H,2-9H2,1H3. The Morgan fingerprint density at radius 3 is 2.62 bits per heavy atom. The van der Waals surface area contributed by atoms with Crippen LogP contribution in [0.3, 0.4) is 0 Å². The minimum atomic E-state index is -0.107. The third-order valence-corrected chi connectivity index (χ3v) is 4.52. The van der Waals surface area contributed by atoms with E-state index in [-0.39, 0.29) is 12.7 Å². The van der Waals surface area contributed by atoms with Crippen LogP contribution in [0.1, 0.15) is 39.0 Å². The van der Waals surface area contributed by atoms with Gasteiger partial charge in [0.05, 0.1) is 12.7 Å². The van der Waals surface area contributed by atoms with Crippen molar-refractivity contribution in [2.24, 2.45) is 11.8 Å². The topological polar surface area (TPSA) is 43.7 Å². The molecule has 16 heavy (non-hydrogen) atoms. The summed E-state index contributed by atoms with van der Waals surface area (Å²) in [7, 11) is 0. The highest BCUT2D eigenvalue weighted by Crippen LogP contribution is 2.29. The SMILES string of the molecule is CC1CCN(CC2CCCCC2O)C1CO. The predicted molar refractivity (Wildman–Crippen MR) is 64.2 cm³/mol. The summed E-state index contributed by atoms with van der Waals surface area (Å²) < 4.78 is 0. The van der Waals surface area contributed by atoms with E-state index in [1.165, 1.54) is 19.3 Å². The second kappa shape index (κ2) is 5.48. The first-order valence-electron chi connectivity index (χ1n) is 6.75.